The minimum absolute atomic E-state index is 0.150. The van der Waals surface area contributed by atoms with Crippen molar-refractivity contribution in [2.75, 3.05) is 20.2 Å². The third-order valence-corrected chi connectivity index (χ3v) is 4.79. The Morgan fingerprint density at radius 1 is 1.41 bits per heavy atom. The molecule has 0 radical (unpaired) electrons. The quantitative estimate of drug-likeness (QED) is 0.794. The first-order valence-corrected chi connectivity index (χ1v) is 6.62. The highest BCUT2D eigenvalue weighted by Crippen LogP contribution is 2.45. The van der Waals surface area contributed by atoms with E-state index in [1.807, 2.05) is 0 Å². The Labute approximate surface area is 102 Å². The van der Waals surface area contributed by atoms with Crippen LogP contribution in [0.1, 0.15) is 38.5 Å². The number of hydrogen-bond acceptors (Lipinski definition) is 3. The fourth-order valence-corrected chi connectivity index (χ4v) is 3.08. The molecule has 0 aromatic rings. The fourth-order valence-electron chi connectivity index (χ4n) is 3.08. The second-order valence-corrected chi connectivity index (χ2v) is 6.05. The molecule has 4 heteroatoms. The van der Waals surface area contributed by atoms with E-state index >= 15 is 0 Å². The lowest BCUT2D eigenvalue weighted by Crippen LogP contribution is -2.65. The molecule has 0 spiro atoms. The number of aliphatic hydroxyl groups is 1. The van der Waals surface area contributed by atoms with Gasteiger partial charge in [0.15, 0.2) is 0 Å². The van der Waals surface area contributed by atoms with Crippen LogP contribution < -0.4 is 0 Å². The highest BCUT2D eigenvalue weighted by Gasteiger charge is 2.54. The number of methoxy groups -OCH3 is 1. The lowest BCUT2D eigenvalue weighted by atomic mass is 9.76. The van der Waals surface area contributed by atoms with Gasteiger partial charge >= 0.3 is 0 Å². The summed E-state index contributed by atoms with van der Waals surface area (Å²) in [6.45, 7) is 1.08. The van der Waals surface area contributed by atoms with Crippen LogP contribution in [-0.4, -0.2) is 47.3 Å². The van der Waals surface area contributed by atoms with Gasteiger partial charge in [-0.15, -0.1) is 0 Å². The van der Waals surface area contributed by atoms with Gasteiger partial charge in [-0.1, -0.05) is 0 Å². The van der Waals surface area contributed by atoms with Crippen molar-refractivity contribution < 1.29 is 14.6 Å². The van der Waals surface area contributed by atoms with Gasteiger partial charge in [0, 0.05) is 7.11 Å². The maximum Gasteiger partial charge on any atom is 0.225 e. The van der Waals surface area contributed by atoms with Crippen LogP contribution in [0.15, 0.2) is 0 Å². The number of rotatable bonds is 4. The van der Waals surface area contributed by atoms with Crippen molar-refractivity contribution in [3.63, 3.8) is 0 Å². The summed E-state index contributed by atoms with van der Waals surface area (Å²) in [6.07, 6.45) is 5.89. The Kier molecular flexibility index (Phi) is 2.49. The monoisotopic (exact) mass is 239 g/mol. The van der Waals surface area contributed by atoms with E-state index in [-0.39, 0.29) is 11.5 Å². The zero-order chi connectivity index (χ0) is 12.1. The van der Waals surface area contributed by atoms with Crippen LogP contribution in [0.5, 0.6) is 0 Å². The van der Waals surface area contributed by atoms with Gasteiger partial charge in [-0.3, -0.25) is 4.79 Å². The van der Waals surface area contributed by atoms with Gasteiger partial charge in [0.25, 0.3) is 0 Å². The molecule has 0 bridgehead atoms. The van der Waals surface area contributed by atoms with Crippen LogP contribution >= 0.6 is 0 Å². The molecule has 2 aliphatic carbocycles. The third-order valence-electron chi connectivity index (χ3n) is 4.79. The summed E-state index contributed by atoms with van der Waals surface area (Å²) in [7, 11) is 1.70. The van der Waals surface area contributed by atoms with Gasteiger partial charge < -0.3 is 14.7 Å². The second kappa shape index (κ2) is 3.69. The molecule has 0 unspecified atom stereocenters. The van der Waals surface area contributed by atoms with E-state index in [1.165, 1.54) is 0 Å². The molecule has 4 nitrogen and oxygen atoms in total. The lowest BCUT2D eigenvalue weighted by Gasteiger charge is -2.49. The Morgan fingerprint density at radius 2 is 2.06 bits per heavy atom. The molecule has 2 saturated carbocycles. The van der Waals surface area contributed by atoms with Gasteiger partial charge in [-0.2, -0.15) is 0 Å². The molecule has 3 fully saturated rings. The fraction of sp³-hybridized carbons (Fsp3) is 0.923. The van der Waals surface area contributed by atoms with E-state index in [4.69, 9.17) is 4.74 Å². The molecule has 17 heavy (non-hydrogen) atoms. The summed E-state index contributed by atoms with van der Waals surface area (Å²) >= 11 is 0. The second-order valence-electron chi connectivity index (χ2n) is 6.05. The van der Waals surface area contributed by atoms with Crippen molar-refractivity contribution in [1.29, 1.82) is 0 Å². The lowest BCUT2D eigenvalue weighted by molar-refractivity contribution is -0.168. The van der Waals surface area contributed by atoms with Crippen LogP contribution in [-0.2, 0) is 9.53 Å². The number of hydrogen-bond donors (Lipinski definition) is 1. The smallest absolute Gasteiger partial charge is 0.225 e. The summed E-state index contributed by atoms with van der Waals surface area (Å²) in [5.74, 6) is 0.600. The van der Waals surface area contributed by atoms with Crippen molar-refractivity contribution in [2.24, 2.45) is 5.92 Å². The third kappa shape index (κ3) is 1.87. The topological polar surface area (TPSA) is 49.8 Å². The van der Waals surface area contributed by atoms with Gasteiger partial charge in [-0.25, -0.2) is 0 Å². The molecular formula is C13H21NO3. The largest absolute Gasteiger partial charge is 0.386 e. The van der Waals surface area contributed by atoms with Gasteiger partial charge in [0.05, 0.1) is 25.1 Å². The summed E-state index contributed by atoms with van der Waals surface area (Å²) in [6, 6.07) is 0. The van der Waals surface area contributed by atoms with E-state index < -0.39 is 5.60 Å². The minimum atomic E-state index is -0.560. The maximum absolute atomic E-state index is 12.1. The Morgan fingerprint density at radius 3 is 2.47 bits per heavy atom. The molecule has 0 aromatic heterocycles. The molecule has 1 aliphatic heterocycles. The predicted octanol–water partition coefficient (Wildman–Crippen LogP) is 0.929. The zero-order valence-electron chi connectivity index (χ0n) is 10.4. The summed E-state index contributed by atoms with van der Waals surface area (Å²) in [5, 5.41) is 10.2. The van der Waals surface area contributed by atoms with Crippen LogP contribution in [0.25, 0.3) is 0 Å². The molecule has 96 valence electrons. The highest BCUT2D eigenvalue weighted by molar-refractivity contribution is 5.78. The average Bonchev–Trinajstić information content (AvgIpc) is 3.02. The summed E-state index contributed by atoms with van der Waals surface area (Å²) in [4.78, 5) is 13.8. The number of carbonyl (C=O) groups excluding carboxylic acids is 1. The average molecular weight is 239 g/mol. The van der Waals surface area contributed by atoms with Crippen LogP contribution in [0, 0.1) is 5.92 Å². The van der Waals surface area contributed by atoms with Gasteiger partial charge in [0.1, 0.15) is 5.60 Å². The number of carbonyl (C=O) groups is 1. The number of nitrogens with zero attached hydrogens (tertiary/aromatic N) is 1. The molecule has 1 saturated heterocycles. The maximum atomic E-state index is 12.1. The Bertz CT molecular complexity index is 322. The van der Waals surface area contributed by atoms with Crippen molar-refractivity contribution in [3.8, 4) is 0 Å². The predicted molar refractivity (Wildman–Crippen MR) is 62.5 cm³/mol. The first-order valence-electron chi connectivity index (χ1n) is 6.62. The van der Waals surface area contributed by atoms with E-state index in [0.717, 1.165) is 32.1 Å². The Balaban J connectivity index is 1.51. The SMILES string of the molecule is COC1(CC(=O)N2CC(O)(C3CC3)C2)CCC1. The first-order chi connectivity index (χ1) is 8.07. The van der Waals surface area contributed by atoms with Gasteiger partial charge in [-0.05, 0) is 38.0 Å². The van der Waals surface area contributed by atoms with Crippen LogP contribution in [0.3, 0.4) is 0 Å². The highest BCUT2D eigenvalue weighted by atomic mass is 16.5. The number of ether oxygens (including phenoxy) is 1. The standard InChI is InChI=1S/C13H21NO3/c1-17-12(5-2-6-12)7-11(15)14-8-13(16,9-14)10-3-4-10/h10,16H,2-9H2,1H3. The van der Waals surface area contributed by atoms with Gasteiger partial charge in [0.2, 0.25) is 5.91 Å². The van der Waals surface area contributed by atoms with Crippen molar-refractivity contribution >= 4 is 5.91 Å². The van der Waals surface area contributed by atoms with E-state index in [1.54, 1.807) is 12.0 Å². The zero-order valence-corrected chi connectivity index (χ0v) is 10.4. The molecule has 0 aromatic carbocycles. The molecule has 3 aliphatic rings. The molecule has 1 heterocycles. The molecule has 1 N–H and O–H groups in total. The first kappa shape index (κ1) is 11.5. The van der Waals surface area contributed by atoms with E-state index in [2.05, 4.69) is 0 Å². The van der Waals surface area contributed by atoms with Crippen LogP contribution in [0.2, 0.25) is 0 Å². The van der Waals surface area contributed by atoms with E-state index in [9.17, 15) is 9.90 Å². The van der Waals surface area contributed by atoms with E-state index in [0.29, 0.717) is 25.4 Å². The minimum Gasteiger partial charge on any atom is -0.386 e. The Hall–Kier alpha value is -0.610. The van der Waals surface area contributed by atoms with Crippen molar-refractivity contribution in [3.05, 3.63) is 0 Å². The molecular weight excluding hydrogens is 218 g/mol. The van der Waals surface area contributed by atoms with Crippen molar-refractivity contribution in [1.82, 2.24) is 4.90 Å². The molecule has 1 amide bonds. The summed E-state index contributed by atoms with van der Waals surface area (Å²) in [5.41, 5.74) is -0.750. The molecule has 0 atom stereocenters. The normalized spacial score (nSPS) is 29.4. The number of likely N-dealkylation sites (tertiary alicyclic amines) is 1. The summed E-state index contributed by atoms with van der Waals surface area (Å²) < 4.78 is 5.46. The number of amides is 1. The van der Waals surface area contributed by atoms with Crippen LogP contribution in [0.4, 0.5) is 0 Å². The van der Waals surface area contributed by atoms with Crippen molar-refractivity contribution in [2.45, 2.75) is 49.7 Å². The molecule has 3 rings (SSSR count). The number of β-amino-alcohol motifs (C(OH)–C–C–N with tert-alkyl or cyclic N) is 1.